The van der Waals surface area contributed by atoms with Gasteiger partial charge in [-0.05, 0) is 0 Å². The topological polar surface area (TPSA) is 174 Å². The first-order valence-corrected chi connectivity index (χ1v) is 5.44. The van der Waals surface area contributed by atoms with Crippen LogP contribution < -0.4 is 10.2 Å². The van der Waals surface area contributed by atoms with Gasteiger partial charge in [-0.3, -0.25) is 4.57 Å². The van der Waals surface area contributed by atoms with E-state index in [1.807, 2.05) is 11.8 Å². The van der Waals surface area contributed by atoms with Gasteiger partial charge in [-0.2, -0.15) is 0 Å². The van der Waals surface area contributed by atoms with E-state index in [4.69, 9.17) is 47.8 Å². The van der Waals surface area contributed by atoms with Crippen LogP contribution in [-0.2, 0) is 9.45 Å². The lowest BCUT2D eigenvalue weighted by molar-refractivity contribution is -0.693. The fourth-order valence-electron chi connectivity index (χ4n) is 0.372. The SMILES string of the molecule is C#CC(O)(CO)CO.C#C[C@](O)(CO)CO[O-].O=P[O-]. The van der Waals surface area contributed by atoms with Crippen molar-refractivity contribution < 1.29 is 45.1 Å². The molecule has 20 heavy (non-hydrogen) atoms. The second-order valence-electron chi connectivity index (χ2n) is 3.16. The van der Waals surface area contributed by atoms with Crippen LogP contribution in [-0.4, -0.2) is 63.2 Å². The number of hydrogen-bond donors (Lipinski definition) is 5. The van der Waals surface area contributed by atoms with Gasteiger partial charge in [-0.25, -0.2) is 0 Å². The highest BCUT2D eigenvalue weighted by atomic mass is 31.1. The zero-order chi connectivity index (χ0) is 16.7. The van der Waals surface area contributed by atoms with E-state index in [1.165, 1.54) is 0 Å². The lowest BCUT2D eigenvalue weighted by Gasteiger charge is -2.20. The average Bonchev–Trinajstić information content (AvgIpc) is 2.48. The molecule has 9 nitrogen and oxygen atoms in total. The Kier molecular flexibility index (Phi) is 17.1. The van der Waals surface area contributed by atoms with Crippen LogP contribution in [0, 0.1) is 24.7 Å². The van der Waals surface area contributed by atoms with E-state index in [-0.39, 0.29) is 0 Å². The van der Waals surface area contributed by atoms with E-state index in [9.17, 15) is 5.26 Å². The summed E-state index contributed by atoms with van der Waals surface area (Å²) in [5, 5.41) is 51.7. The van der Waals surface area contributed by atoms with Gasteiger partial charge < -0.3 is 40.6 Å². The van der Waals surface area contributed by atoms with Crippen molar-refractivity contribution in [2.75, 3.05) is 26.4 Å². The Morgan fingerprint density at radius 3 is 1.40 bits per heavy atom. The third kappa shape index (κ3) is 13.3. The quantitative estimate of drug-likeness (QED) is 0.145. The molecule has 0 aromatic carbocycles. The minimum atomic E-state index is -1.82. The van der Waals surface area contributed by atoms with Crippen molar-refractivity contribution in [1.82, 2.24) is 0 Å². The second kappa shape index (κ2) is 14.3. The smallest absolute Gasteiger partial charge is 0.171 e. The minimum absolute atomic E-state index is 0.597. The van der Waals surface area contributed by atoms with Gasteiger partial charge in [0.25, 0.3) is 0 Å². The molecule has 10 heteroatoms. The highest BCUT2D eigenvalue weighted by Gasteiger charge is 2.21. The Labute approximate surface area is 117 Å². The Morgan fingerprint density at radius 2 is 1.35 bits per heavy atom. The van der Waals surface area contributed by atoms with Gasteiger partial charge >= 0.3 is 0 Å². The molecule has 0 spiro atoms. The molecule has 116 valence electrons. The summed E-state index contributed by atoms with van der Waals surface area (Å²) in [6.07, 6.45) is 9.43. The van der Waals surface area contributed by atoms with Gasteiger partial charge in [-0.15, -0.1) is 12.8 Å². The van der Waals surface area contributed by atoms with Gasteiger partial charge in [0, 0.05) is 0 Å². The number of hydrogen-bond acceptors (Lipinski definition) is 9. The summed E-state index contributed by atoms with van der Waals surface area (Å²) in [5.74, 6) is 3.64. The van der Waals surface area contributed by atoms with Crippen molar-refractivity contribution >= 4 is 8.69 Å². The summed E-state index contributed by atoms with van der Waals surface area (Å²) in [6.45, 7) is -2.49. The van der Waals surface area contributed by atoms with Crippen molar-refractivity contribution in [2.45, 2.75) is 11.2 Å². The first kappa shape index (κ1) is 24.0. The van der Waals surface area contributed by atoms with Crippen LogP contribution in [0.2, 0.25) is 0 Å². The molecule has 0 aliphatic rings. The van der Waals surface area contributed by atoms with Crippen LogP contribution in [0.3, 0.4) is 0 Å². The Balaban J connectivity index is -0.000000243. The zero-order valence-electron chi connectivity index (χ0n) is 10.3. The molecule has 0 bridgehead atoms. The highest BCUT2D eigenvalue weighted by Crippen LogP contribution is 1.99. The molecule has 0 heterocycles. The number of rotatable bonds is 5. The molecule has 0 unspecified atom stereocenters. The summed E-state index contributed by atoms with van der Waals surface area (Å²) in [5.41, 5.74) is -3.55. The molecular formula is C10H15O9P-2. The molecule has 0 fully saturated rings. The number of terminal acetylenes is 2. The second-order valence-corrected chi connectivity index (χ2v) is 3.31. The van der Waals surface area contributed by atoms with Crippen LogP contribution >= 0.6 is 8.69 Å². The molecule has 0 amide bonds. The lowest BCUT2D eigenvalue weighted by atomic mass is 10.1. The normalized spacial score (nSPS) is 12.7. The largest absolute Gasteiger partial charge is 0.772 e. The Bertz CT molecular complexity index is 318. The third-order valence-electron chi connectivity index (χ3n) is 1.62. The van der Waals surface area contributed by atoms with Crippen molar-refractivity contribution in [3.8, 4) is 24.7 Å². The Hall–Kier alpha value is -1.10. The number of aliphatic hydroxyl groups is 5. The fraction of sp³-hybridized carbons (Fsp3) is 0.600. The molecule has 0 rings (SSSR count). The fourth-order valence-corrected chi connectivity index (χ4v) is 0.372. The molecule has 0 aromatic heterocycles. The van der Waals surface area contributed by atoms with Gasteiger partial charge in [0.2, 0.25) is 0 Å². The predicted molar refractivity (Wildman–Crippen MR) is 62.4 cm³/mol. The Morgan fingerprint density at radius 1 is 1.05 bits per heavy atom. The maximum atomic E-state index is 9.40. The van der Waals surface area contributed by atoms with E-state index < -0.39 is 46.3 Å². The summed E-state index contributed by atoms with van der Waals surface area (Å²) in [4.78, 5) is 11.6. The van der Waals surface area contributed by atoms with Gasteiger partial charge in [-0.1, -0.05) is 11.8 Å². The van der Waals surface area contributed by atoms with Crippen LogP contribution in [0.1, 0.15) is 0 Å². The van der Waals surface area contributed by atoms with Crippen molar-refractivity contribution in [3.05, 3.63) is 0 Å². The zero-order valence-corrected chi connectivity index (χ0v) is 11.2. The van der Waals surface area contributed by atoms with Gasteiger partial charge in [0.05, 0.1) is 35.1 Å². The first-order chi connectivity index (χ1) is 9.28. The van der Waals surface area contributed by atoms with Crippen molar-refractivity contribution in [2.24, 2.45) is 0 Å². The van der Waals surface area contributed by atoms with Gasteiger partial charge in [0.1, 0.15) is 0 Å². The van der Waals surface area contributed by atoms with Crippen LogP contribution in [0.5, 0.6) is 0 Å². The molecule has 0 radical (unpaired) electrons. The van der Waals surface area contributed by atoms with Crippen molar-refractivity contribution in [1.29, 1.82) is 0 Å². The monoisotopic (exact) mass is 310 g/mol. The van der Waals surface area contributed by atoms with E-state index in [0.717, 1.165) is 0 Å². The summed E-state index contributed by atoms with van der Waals surface area (Å²) in [6, 6.07) is 0. The molecule has 0 saturated carbocycles. The van der Waals surface area contributed by atoms with Crippen molar-refractivity contribution in [3.63, 3.8) is 0 Å². The van der Waals surface area contributed by atoms with Crippen LogP contribution in [0.25, 0.3) is 0 Å². The molecule has 0 saturated heterocycles. The minimum Gasteiger partial charge on any atom is -0.772 e. The molecule has 5 N–H and O–H groups in total. The summed E-state index contributed by atoms with van der Waals surface area (Å²) < 4.78 is 8.35. The number of aliphatic hydroxyl groups excluding tert-OH is 3. The van der Waals surface area contributed by atoms with Crippen LogP contribution in [0.4, 0.5) is 0 Å². The molecule has 1 atom stereocenters. The highest BCUT2D eigenvalue weighted by molar-refractivity contribution is 7.14. The van der Waals surface area contributed by atoms with E-state index in [1.54, 1.807) is 0 Å². The maximum absolute atomic E-state index is 9.40. The standard InChI is InChI=1S/C5H8O4.C5H8O3.HO2P/c1-2-5(7,3-6)4-9-8;1-2-5(8,3-6)4-7;1-3-2/h1,6-8H,3-4H2;1,6-8H,3-4H2;(H,1,2)/p-2/t5-;;/m0../s1. The van der Waals surface area contributed by atoms with E-state index in [2.05, 4.69) is 4.89 Å². The van der Waals surface area contributed by atoms with E-state index >= 15 is 0 Å². The summed E-state index contributed by atoms with van der Waals surface area (Å²) >= 11 is 0. The first-order valence-electron chi connectivity index (χ1n) is 4.71. The predicted octanol–water partition coefficient (Wildman–Crippen LogP) is -4.48. The third-order valence-corrected chi connectivity index (χ3v) is 1.62. The maximum Gasteiger partial charge on any atom is 0.171 e. The van der Waals surface area contributed by atoms with Gasteiger partial charge in [0.15, 0.2) is 11.2 Å². The molecule has 0 aliphatic carbocycles. The summed E-state index contributed by atoms with van der Waals surface area (Å²) in [7, 11) is -1.08. The molecule has 0 aromatic rings. The average molecular weight is 310 g/mol. The van der Waals surface area contributed by atoms with E-state index in [0.29, 0.717) is 0 Å². The van der Waals surface area contributed by atoms with Crippen LogP contribution in [0.15, 0.2) is 0 Å². The lowest BCUT2D eigenvalue weighted by Crippen LogP contribution is -2.38. The molecular weight excluding hydrogens is 295 g/mol. The molecule has 0 aliphatic heterocycles.